The first kappa shape index (κ1) is 14.9. The van der Waals surface area contributed by atoms with E-state index < -0.39 is 17.6 Å². The molecule has 0 radical (unpaired) electrons. The third kappa shape index (κ3) is 2.34. The minimum absolute atomic E-state index is 0.251. The van der Waals surface area contributed by atoms with Crippen LogP contribution in [0.5, 0.6) is 0 Å². The van der Waals surface area contributed by atoms with Gasteiger partial charge in [0.25, 0.3) is 0 Å². The molecule has 6 heteroatoms. The lowest BCUT2D eigenvalue weighted by molar-refractivity contribution is 0.0266. The van der Waals surface area contributed by atoms with Crippen LogP contribution >= 0.6 is 11.8 Å². The molecule has 2 aromatic rings. The van der Waals surface area contributed by atoms with Crippen LogP contribution in [0.25, 0.3) is 0 Å². The summed E-state index contributed by atoms with van der Waals surface area (Å²) in [5.41, 5.74) is -0.963. The Morgan fingerprint density at radius 2 is 2.00 bits per heavy atom. The van der Waals surface area contributed by atoms with E-state index in [1.54, 1.807) is 48.7 Å². The summed E-state index contributed by atoms with van der Waals surface area (Å²) < 4.78 is 19.0. The van der Waals surface area contributed by atoms with Crippen LogP contribution in [0, 0.1) is 5.82 Å². The molecule has 1 atom stereocenters. The molecular weight excluding hydrogens is 305 g/mol. The van der Waals surface area contributed by atoms with Crippen LogP contribution in [0.1, 0.15) is 5.56 Å². The quantitative estimate of drug-likeness (QED) is 0.882. The van der Waals surface area contributed by atoms with Crippen molar-refractivity contribution in [3.05, 3.63) is 59.9 Å². The summed E-state index contributed by atoms with van der Waals surface area (Å²) in [4.78, 5) is 13.6. The Hall–Kier alpha value is -2.05. The number of ether oxygens (including phenoxy) is 1. The molecule has 1 aliphatic heterocycles. The zero-order chi connectivity index (χ0) is 15.7. The van der Waals surface area contributed by atoms with Crippen LogP contribution in [0.2, 0.25) is 0 Å². The molecule has 3 rings (SSSR count). The molecule has 0 saturated carbocycles. The summed E-state index contributed by atoms with van der Waals surface area (Å²) in [5.74, 6) is -0.439. The molecule has 0 spiro atoms. The van der Waals surface area contributed by atoms with Crippen LogP contribution < -0.4 is 4.90 Å². The van der Waals surface area contributed by atoms with Gasteiger partial charge in [-0.15, -0.1) is 11.8 Å². The van der Waals surface area contributed by atoms with Crippen molar-refractivity contribution >= 4 is 23.5 Å². The number of carbonyl (C=O) groups is 1. The predicted molar refractivity (Wildman–Crippen MR) is 82.3 cm³/mol. The second-order valence-corrected chi connectivity index (χ2v) is 5.74. The highest BCUT2D eigenvalue weighted by Gasteiger charge is 2.48. The Labute approximate surface area is 131 Å². The average Bonchev–Trinajstić information content (AvgIpc) is 2.84. The average molecular weight is 319 g/mol. The van der Waals surface area contributed by atoms with E-state index in [2.05, 4.69) is 0 Å². The Morgan fingerprint density at radius 1 is 1.27 bits per heavy atom. The molecule has 1 saturated heterocycles. The van der Waals surface area contributed by atoms with Crippen molar-refractivity contribution in [2.45, 2.75) is 10.6 Å². The maximum atomic E-state index is 14.0. The van der Waals surface area contributed by atoms with Gasteiger partial charge in [-0.25, -0.2) is 14.1 Å². The van der Waals surface area contributed by atoms with E-state index in [1.165, 1.54) is 17.8 Å². The van der Waals surface area contributed by atoms with Gasteiger partial charge < -0.3 is 9.84 Å². The molecule has 2 aromatic carbocycles. The number of hydrogen-bond donors (Lipinski definition) is 1. The Balaban J connectivity index is 2.07. The number of halogens is 1. The van der Waals surface area contributed by atoms with Crippen LogP contribution in [-0.4, -0.2) is 24.1 Å². The first-order valence-electron chi connectivity index (χ1n) is 6.64. The van der Waals surface area contributed by atoms with E-state index in [9.17, 15) is 14.3 Å². The summed E-state index contributed by atoms with van der Waals surface area (Å²) in [6, 6.07) is 13.1. The molecule has 0 bridgehead atoms. The smallest absolute Gasteiger partial charge is 0.417 e. The lowest BCUT2D eigenvalue weighted by atomic mass is 10.0. The lowest BCUT2D eigenvalue weighted by Crippen LogP contribution is -2.44. The molecule has 1 fully saturated rings. The molecule has 1 aliphatic rings. The van der Waals surface area contributed by atoms with Crippen LogP contribution in [0.4, 0.5) is 14.9 Å². The van der Waals surface area contributed by atoms with E-state index in [1.807, 2.05) is 0 Å². The summed E-state index contributed by atoms with van der Waals surface area (Å²) >= 11 is 1.27. The number of cyclic esters (lactones) is 1. The largest absolute Gasteiger partial charge is 0.444 e. The van der Waals surface area contributed by atoms with Crippen molar-refractivity contribution in [3.8, 4) is 0 Å². The fourth-order valence-electron chi connectivity index (χ4n) is 2.47. The number of benzene rings is 2. The van der Waals surface area contributed by atoms with Gasteiger partial charge in [0.15, 0.2) is 0 Å². The van der Waals surface area contributed by atoms with Gasteiger partial charge in [0.1, 0.15) is 12.4 Å². The van der Waals surface area contributed by atoms with Crippen molar-refractivity contribution < 1.29 is 19.0 Å². The molecular formula is C16H14FNO3S. The van der Waals surface area contributed by atoms with Crippen LogP contribution in [0.15, 0.2) is 53.4 Å². The highest BCUT2D eigenvalue weighted by Crippen LogP contribution is 2.37. The number of aliphatic hydroxyl groups is 1. The van der Waals surface area contributed by atoms with Gasteiger partial charge in [0.2, 0.25) is 5.72 Å². The lowest BCUT2D eigenvalue weighted by Gasteiger charge is -2.30. The highest BCUT2D eigenvalue weighted by molar-refractivity contribution is 7.98. The van der Waals surface area contributed by atoms with Crippen molar-refractivity contribution in [2.24, 2.45) is 0 Å². The molecule has 1 N–H and O–H groups in total. The molecule has 0 aromatic heterocycles. The zero-order valence-electron chi connectivity index (χ0n) is 11.8. The van der Waals surface area contributed by atoms with Crippen LogP contribution in [0.3, 0.4) is 0 Å². The number of nitrogens with zero attached hydrogens (tertiary/aromatic N) is 1. The maximum absolute atomic E-state index is 14.0. The van der Waals surface area contributed by atoms with Gasteiger partial charge >= 0.3 is 6.09 Å². The molecule has 4 nitrogen and oxygen atoms in total. The van der Waals surface area contributed by atoms with Crippen molar-refractivity contribution in [1.82, 2.24) is 0 Å². The number of thioether (sulfide) groups is 1. The molecule has 1 unspecified atom stereocenters. The number of hydrogen-bond acceptors (Lipinski definition) is 4. The van der Waals surface area contributed by atoms with Crippen molar-refractivity contribution in [3.63, 3.8) is 0 Å². The van der Waals surface area contributed by atoms with E-state index in [-0.39, 0.29) is 12.2 Å². The summed E-state index contributed by atoms with van der Waals surface area (Å²) in [7, 11) is 0. The van der Waals surface area contributed by atoms with Gasteiger partial charge in [-0.2, -0.15) is 0 Å². The summed E-state index contributed by atoms with van der Waals surface area (Å²) in [5, 5.41) is 10.9. The summed E-state index contributed by atoms with van der Waals surface area (Å²) in [6.45, 7) is -0.251. The third-order valence-electron chi connectivity index (χ3n) is 3.58. The van der Waals surface area contributed by atoms with Crippen molar-refractivity contribution in [1.29, 1.82) is 0 Å². The summed E-state index contributed by atoms with van der Waals surface area (Å²) in [6.07, 6.45) is 1.11. The fraction of sp³-hybridized carbons (Fsp3) is 0.188. The molecule has 114 valence electrons. The minimum atomic E-state index is -1.73. The van der Waals surface area contributed by atoms with Gasteiger partial charge in [0, 0.05) is 10.5 Å². The Bertz CT molecular complexity index is 710. The first-order valence-corrected chi connectivity index (χ1v) is 7.87. The Kier molecular flexibility index (Phi) is 3.80. The first-order chi connectivity index (χ1) is 10.6. The number of carbonyl (C=O) groups excluding carboxylic acids is 1. The predicted octanol–water partition coefficient (Wildman–Crippen LogP) is 3.35. The number of anilines is 1. The second kappa shape index (κ2) is 5.62. The van der Waals surface area contributed by atoms with Crippen molar-refractivity contribution in [2.75, 3.05) is 17.8 Å². The topological polar surface area (TPSA) is 49.8 Å². The Morgan fingerprint density at radius 3 is 2.64 bits per heavy atom. The van der Waals surface area contributed by atoms with Gasteiger partial charge in [-0.3, -0.25) is 0 Å². The molecule has 0 aliphatic carbocycles. The van der Waals surface area contributed by atoms with Gasteiger partial charge in [-0.05, 0) is 30.5 Å². The molecule has 1 amide bonds. The fourth-order valence-corrected chi connectivity index (χ4v) is 2.92. The van der Waals surface area contributed by atoms with Crippen LogP contribution in [-0.2, 0) is 10.5 Å². The van der Waals surface area contributed by atoms with E-state index >= 15 is 0 Å². The number of rotatable bonds is 3. The highest BCUT2D eigenvalue weighted by atomic mass is 32.2. The SMILES string of the molecule is CSc1ccc(C2(O)COC(=O)N2c2ccccc2)cc1F. The third-order valence-corrected chi connectivity index (χ3v) is 4.35. The van der Waals surface area contributed by atoms with Gasteiger partial charge in [0.05, 0.1) is 5.69 Å². The molecule has 1 heterocycles. The number of amides is 1. The standard InChI is InChI=1S/C16H14FNO3S/c1-22-14-8-7-11(9-13(14)17)16(20)10-21-15(19)18(16)12-5-3-2-4-6-12/h2-9,20H,10H2,1H3. The number of para-hydroxylation sites is 1. The van der Waals surface area contributed by atoms with E-state index in [4.69, 9.17) is 4.74 Å². The zero-order valence-corrected chi connectivity index (χ0v) is 12.6. The van der Waals surface area contributed by atoms with E-state index in [0.717, 1.165) is 4.90 Å². The molecule has 22 heavy (non-hydrogen) atoms. The monoisotopic (exact) mass is 319 g/mol. The maximum Gasteiger partial charge on any atom is 0.417 e. The normalized spacial score (nSPS) is 21.0. The minimum Gasteiger partial charge on any atom is -0.444 e. The van der Waals surface area contributed by atoms with E-state index in [0.29, 0.717) is 10.6 Å². The second-order valence-electron chi connectivity index (χ2n) is 4.89. The van der Waals surface area contributed by atoms with Gasteiger partial charge in [-0.1, -0.05) is 24.3 Å².